The summed E-state index contributed by atoms with van der Waals surface area (Å²) in [5, 5.41) is 10.8. The van der Waals surface area contributed by atoms with E-state index in [0.717, 1.165) is 0 Å². The molecule has 154 valence electrons. The molecule has 2 N–H and O–H groups in total. The minimum absolute atomic E-state index is 0.316. The summed E-state index contributed by atoms with van der Waals surface area (Å²) in [5.74, 6) is 1.44. The molecular weight excluding hydrogens is 406 g/mol. The van der Waals surface area contributed by atoms with E-state index in [9.17, 15) is 4.79 Å². The summed E-state index contributed by atoms with van der Waals surface area (Å²) in [6.07, 6.45) is 1.43. The predicted molar refractivity (Wildman–Crippen MR) is 114 cm³/mol. The first kappa shape index (κ1) is 19.8. The molecule has 9 heteroatoms. The maximum Gasteiger partial charge on any atom is 0.255 e. The first-order valence-electron chi connectivity index (χ1n) is 9.18. The van der Waals surface area contributed by atoms with Gasteiger partial charge in [0.15, 0.2) is 0 Å². The molecule has 8 nitrogen and oxygen atoms in total. The Morgan fingerprint density at radius 1 is 1.20 bits per heavy atom. The SMILES string of the molecule is COc1ccc(OC)c([C@@H]2C(C(=O)Nc3ccccc3Cl)=C(C)Nc3ncnn32)c1. The highest BCUT2D eigenvalue weighted by Gasteiger charge is 2.35. The Hall–Kier alpha value is -3.52. The molecule has 0 saturated carbocycles. The van der Waals surface area contributed by atoms with Crippen molar-refractivity contribution in [2.24, 2.45) is 0 Å². The summed E-state index contributed by atoms with van der Waals surface area (Å²) in [4.78, 5) is 17.7. The van der Waals surface area contributed by atoms with Crippen LogP contribution in [0.4, 0.5) is 11.6 Å². The third kappa shape index (κ3) is 3.46. The van der Waals surface area contributed by atoms with Crippen molar-refractivity contribution in [2.45, 2.75) is 13.0 Å². The van der Waals surface area contributed by atoms with Gasteiger partial charge < -0.3 is 20.1 Å². The minimum Gasteiger partial charge on any atom is -0.497 e. The summed E-state index contributed by atoms with van der Waals surface area (Å²) >= 11 is 6.24. The largest absolute Gasteiger partial charge is 0.497 e. The highest BCUT2D eigenvalue weighted by atomic mass is 35.5. The number of amides is 1. The second kappa shape index (κ2) is 8.08. The summed E-state index contributed by atoms with van der Waals surface area (Å²) in [6.45, 7) is 1.82. The van der Waals surface area contributed by atoms with Crippen LogP contribution in [0.2, 0.25) is 5.02 Å². The quantitative estimate of drug-likeness (QED) is 0.644. The number of rotatable bonds is 5. The van der Waals surface area contributed by atoms with Crippen molar-refractivity contribution in [3.8, 4) is 11.5 Å². The lowest BCUT2D eigenvalue weighted by Crippen LogP contribution is -2.31. The topological polar surface area (TPSA) is 90.3 Å². The Morgan fingerprint density at radius 2 is 2.00 bits per heavy atom. The van der Waals surface area contributed by atoms with Gasteiger partial charge in [-0.3, -0.25) is 4.79 Å². The van der Waals surface area contributed by atoms with Gasteiger partial charge >= 0.3 is 0 Å². The maximum absolute atomic E-state index is 13.4. The fourth-order valence-electron chi connectivity index (χ4n) is 3.48. The van der Waals surface area contributed by atoms with Crippen molar-refractivity contribution < 1.29 is 14.3 Å². The number of para-hydroxylation sites is 1. The van der Waals surface area contributed by atoms with Crippen LogP contribution >= 0.6 is 11.6 Å². The molecule has 0 radical (unpaired) electrons. The molecular formula is C21H20ClN5O3. The summed E-state index contributed by atoms with van der Waals surface area (Å²) < 4.78 is 12.6. The van der Waals surface area contributed by atoms with E-state index >= 15 is 0 Å². The normalized spacial score (nSPS) is 15.3. The number of benzene rings is 2. The number of allylic oxidation sites excluding steroid dienone is 1. The number of aromatic nitrogens is 3. The van der Waals surface area contributed by atoms with Gasteiger partial charge in [-0.15, -0.1) is 0 Å². The van der Waals surface area contributed by atoms with E-state index in [0.29, 0.717) is 45.0 Å². The number of hydrogen-bond donors (Lipinski definition) is 2. The number of carbonyl (C=O) groups is 1. The van der Waals surface area contributed by atoms with Crippen molar-refractivity contribution in [3.63, 3.8) is 0 Å². The fraction of sp³-hybridized carbons (Fsp3) is 0.190. The maximum atomic E-state index is 13.4. The molecule has 0 fully saturated rings. The highest BCUT2D eigenvalue weighted by molar-refractivity contribution is 6.33. The first-order chi connectivity index (χ1) is 14.5. The number of ether oxygens (including phenoxy) is 2. The third-order valence-corrected chi connectivity index (χ3v) is 5.22. The molecule has 4 rings (SSSR count). The van der Waals surface area contributed by atoms with Crippen molar-refractivity contribution in [3.05, 3.63) is 70.6 Å². The second-order valence-electron chi connectivity index (χ2n) is 6.64. The van der Waals surface area contributed by atoms with Gasteiger partial charge in [-0.1, -0.05) is 23.7 Å². The number of methoxy groups -OCH3 is 2. The fourth-order valence-corrected chi connectivity index (χ4v) is 3.66. The molecule has 30 heavy (non-hydrogen) atoms. The zero-order chi connectivity index (χ0) is 21.3. The Balaban J connectivity index is 1.84. The van der Waals surface area contributed by atoms with Gasteiger partial charge in [0.25, 0.3) is 5.91 Å². The first-order valence-corrected chi connectivity index (χ1v) is 9.56. The lowest BCUT2D eigenvalue weighted by molar-refractivity contribution is -0.113. The summed E-state index contributed by atoms with van der Waals surface area (Å²) in [5.41, 5.74) is 2.34. The van der Waals surface area contributed by atoms with Crippen LogP contribution in [0.3, 0.4) is 0 Å². The molecule has 1 aromatic heterocycles. The molecule has 1 aliphatic heterocycles. The molecule has 0 spiro atoms. The van der Waals surface area contributed by atoms with E-state index in [1.165, 1.54) is 6.33 Å². The summed E-state index contributed by atoms with van der Waals surface area (Å²) in [7, 11) is 3.16. The molecule has 1 atom stereocenters. The standard InChI is InChI=1S/C21H20ClN5O3/c1-12-18(20(28)26-16-7-5-4-6-15(16)22)19(27-21(25-12)23-11-24-27)14-10-13(29-2)8-9-17(14)30-3/h4-11,19H,1-3H3,(H,26,28)(H,23,24,25)/t19-/m1/s1. The molecule has 1 aliphatic rings. The van der Waals surface area contributed by atoms with Crippen LogP contribution in [0.1, 0.15) is 18.5 Å². The average molecular weight is 426 g/mol. The van der Waals surface area contributed by atoms with Gasteiger partial charge in [-0.2, -0.15) is 10.1 Å². The van der Waals surface area contributed by atoms with Crippen LogP contribution in [-0.2, 0) is 4.79 Å². The van der Waals surface area contributed by atoms with Crippen LogP contribution < -0.4 is 20.1 Å². The van der Waals surface area contributed by atoms with Gasteiger partial charge in [-0.25, -0.2) is 4.68 Å². The van der Waals surface area contributed by atoms with Crippen LogP contribution in [0, 0.1) is 0 Å². The van der Waals surface area contributed by atoms with Crippen molar-refractivity contribution >= 4 is 29.1 Å². The van der Waals surface area contributed by atoms with Crippen LogP contribution in [0.15, 0.2) is 60.1 Å². The molecule has 2 heterocycles. The second-order valence-corrected chi connectivity index (χ2v) is 7.04. The van der Waals surface area contributed by atoms with Crippen molar-refractivity contribution in [1.29, 1.82) is 0 Å². The number of fused-ring (bicyclic) bond motifs is 1. The highest BCUT2D eigenvalue weighted by Crippen LogP contribution is 2.40. The molecule has 0 bridgehead atoms. The minimum atomic E-state index is -0.587. The molecule has 2 aromatic carbocycles. The predicted octanol–water partition coefficient (Wildman–Crippen LogP) is 3.88. The van der Waals surface area contributed by atoms with E-state index in [1.807, 2.05) is 13.0 Å². The zero-order valence-corrected chi connectivity index (χ0v) is 17.4. The third-order valence-electron chi connectivity index (χ3n) is 4.89. The molecule has 0 saturated heterocycles. The van der Waals surface area contributed by atoms with Crippen molar-refractivity contribution in [1.82, 2.24) is 14.8 Å². The van der Waals surface area contributed by atoms with Crippen molar-refractivity contribution in [2.75, 3.05) is 24.9 Å². The summed E-state index contributed by atoms with van der Waals surface area (Å²) in [6, 6.07) is 11.9. The Kier molecular flexibility index (Phi) is 5.33. The van der Waals surface area contributed by atoms with Crippen LogP contribution in [0.25, 0.3) is 0 Å². The van der Waals surface area contributed by atoms with E-state index in [2.05, 4.69) is 20.7 Å². The number of anilines is 2. The van der Waals surface area contributed by atoms with E-state index in [4.69, 9.17) is 21.1 Å². The molecule has 1 amide bonds. The number of halogens is 1. The molecule has 0 aliphatic carbocycles. The number of carbonyl (C=O) groups excluding carboxylic acids is 1. The molecule has 0 unspecified atom stereocenters. The van der Waals surface area contributed by atoms with E-state index in [-0.39, 0.29) is 5.91 Å². The van der Waals surface area contributed by atoms with Gasteiger partial charge in [0.05, 0.1) is 30.5 Å². The lowest BCUT2D eigenvalue weighted by Gasteiger charge is -2.29. The van der Waals surface area contributed by atoms with Gasteiger partial charge in [0, 0.05) is 11.3 Å². The number of hydrogen-bond acceptors (Lipinski definition) is 6. The van der Waals surface area contributed by atoms with Gasteiger partial charge in [-0.05, 0) is 37.3 Å². The number of nitrogens with zero attached hydrogens (tertiary/aromatic N) is 3. The van der Waals surface area contributed by atoms with E-state index in [1.54, 1.807) is 55.3 Å². The van der Waals surface area contributed by atoms with Gasteiger partial charge in [0.1, 0.15) is 23.9 Å². The average Bonchev–Trinajstić information content (AvgIpc) is 3.21. The Bertz CT molecular complexity index is 1140. The van der Waals surface area contributed by atoms with Crippen LogP contribution in [0.5, 0.6) is 11.5 Å². The lowest BCUT2D eigenvalue weighted by atomic mass is 9.94. The Morgan fingerprint density at radius 3 is 2.73 bits per heavy atom. The van der Waals surface area contributed by atoms with E-state index < -0.39 is 6.04 Å². The van der Waals surface area contributed by atoms with Gasteiger partial charge in [0.2, 0.25) is 5.95 Å². The Labute approximate surface area is 178 Å². The molecule has 3 aromatic rings. The number of nitrogens with one attached hydrogen (secondary N) is 2. The van der Waals surface area contributed by atoms with Crippen LogP contribution in [-0.4, -0.2) is 34.9 Å². The zero-order valence-electron chi connectivity index (χ0n) is 16.6. The smallest absolute Gasteiger partial charge is 0.255 e. The monoisotopic (exact) mass is 425 g/mol.